The van der Waals surface area contributed by atoms with E-state index in [1.807, 2.05) is 6.92 Å². The van der Waals surface area contributed by atoms with E-state index in [1.165, 1.54) is 0 Å². The Morgan fingerprint density at radius 2 is 2.40 bits per heavy atom. The van der Waals surface area contributed by atoms with Gasteiger partial charge in [-0.15, -0.1) is 0 Å². The molecule has 1 rings (SSSR count). The number of piperidine rings is 1. The summed E-state index contributed by atoms with van der Waals surface area (Å²) in [6.07, 6.45) is 2.15. The molecule has 1 heterocycles. The average molecular weight is 324 g/mol. The van der Waals surface area contributed by atoms with E-state index < -0.39 is 11.9 Å². The van der Waals surface area contributed by atoms with Gasteiger partial charge in [0.1, 0.15) is 6.04 Å². The van der Waals surface area contributed by atoms with E-state index in [2.05, 4.69) is 22.6 Å². The molecule has 2 unspecified atom stereocenters. The summed E-state index contributed by atoms with van der Waals surface area (Å²) < 4.78 is 1.00. The lowest BCUT2D eigenvalue weighted by Crippen LogP contribution is -2.51. The van der Waals surface area contributed by atoms with E-state index in [1.54, 1.807) is 4.90 Å². The van der Waals surface area contributed by atoms with Crippen molar-refractivity contribution in [2.75, 3.05) is 11.0 Å². The van der Waals surface area contributed by atoms with Crippen molar-refractivity contribution >= 4 is 34.4 Å². The van der Waals surface area contributed by atoms with Crippen LogP contribution in [0.25, 0.3) is 0 Å². The predicted octanol–water partition coefficient (Wildman–Crippen LogP) is 0.924. The minimum Gasteiger partial charge on any atom is -0.368 e. The molecule has 0 radical (unpaired) electrons. The molecule has 5 heteroatoms. The molecule has 0 aromatic rings. The lowest BCUT2D eigenvalue weighted by atomic mass is 9.96. The predicted molar refractivity (Wildman–Crippen MR) is 66.6 cm³/mol. The van der Waals surface area contributed by atoms with Gasteiger partial charge in [-0.1, -0.05) is 29.5 Å². The van der Waals surface area contributed by atoms with Crippen molar-refractivity contribution in [3.8, 4) is 0 Å². The second-order valence-corrected chi connectivity index (χ2v) is 4.81. The summed E-state index contributed by atoms with van der Waals surface area (Å²) in [7, 11) is 0. The number of likely N-dealkylation sites (tertiary alicyclic amines) is 1. The second-order valence-electron chi connectivity index (χ2n) is 3.93. The Morgan fingerprint density at radius 1 is 1.73 bits per heavy atom. The molecule has 2 amide bonds. The van der Waals surface area contributed by atoms with E-state index in [4.69, 9.17) is 5.73 Å². The van der Waals surface area contributed by atoms with Crippen molar-refractivity contribution in [1.29, 1.82) is 0 Å². The van der Waals surface area contributed by atoms with Crippen LogP contribution in [0.3, 0.4) is 0 Å². The molecule has 1 aliphatic rings. The minimum absolute atomic E-state index is 0.0774. The van der Waals surface area contributed by atoms with Gasteiger partial charge in [-0.05, 0) is 18.8 Å². The molecule has 2 N–H and O–H groups in total. The average Bonchev–Trinajstić information content (AvgIpc) is 2.20. The molecule has 0 aromatic carbocycles. The number of carbonyl (C=O) groups is 2. The van der Waals surface area contributed by atoms with Crippen LogP contribution in [0.2, 0.25) is 0 Å². The van der Waals surface area contributed by atoms with E-state index >= 15 is 0 Å². The third-order valence-electron chi connectivity index (χ3n) is 2.87. The maximum absolute atomic E-state index is 11.8. The van der Waals surface area contributed by atoms with Crippen molar-refractivity contribution in [3.05, 3.63) is 0 Å². The first-order chi connectivity index (χ1) is 7.10. The van der Waals surface area contributed by atoms with Gasteiger partial charge in [0.15, 0.2) is 0 Å². The van der Waals surface area contributed by atoms with Crippen LogP contribution < -0.4 is 5.73 Å². The summed E-state index contributed by atoms with van der Waals surface area (Å²) in [4.78, 5) is 24.6. The van der Waals surface area contributed by atoms with Gasteiger partial charge in [0.05, 0.1) is 0 Å². The van der Waals surface area contributed by atoms with Crippen LogP contribution in [0.1, 0.15) is 26.2 Å². The molecule has 0 aliphatic carbocycles. The second kappa shape index (κ2) is 5.67. The molecule has 0 spiro atoms. The van der Waals surface area contributed by atoms with Crippen molar-refractivity contribution in [2.24, 2.45) is 11.7 Å². The van der Waals surface area contributed by atoms with Gasteiger partial charge in [0, 0.05) is 17.4 Å². The van der Waals surface area contributed by atoms with Crippen LogP contribution in [0, 0.1) is 5.92 Å². The fourth-order valence-corrected chi connectivity index (χ4v) is 2.70. The summed E-state index contributed by atoms with van der Waals surface area (Å²) in [5.41, 5.74) is 5.27. The Balaban J connectivity index is 2.64. The summed E-state index contributed by atoms with van der Waals surface area (Å²) in [6.45, 7) is 2.56. The van der Waals surface area contributed by atoms with Crippen LogP contribution in [-0.2, 0) is 9.59 Å². The number of hydrogen-bond acceptors (Lipinski definition) is 2. The van der Waals surface area contributed by atoms with Crippen LogP contribution in [0.15, 0.2) is 0 Å². The highest BCUT2D eigenvalue weighted by Crippen LogP contribution is 2.22. The highest BCUT2D eigenvalue weighted by atomic mass is 127. The van der Waals surface area contributed by atoms with Crippen LogP contribution >= 0.6 is 22.6 Å². The number of alkyl halides is 1. The molecule has 1 aliphatic heterocycles. The van der Waals surface area contributed by atoms with Crippen molar-refractivity contribution in [1.82, 2.24) is 4.90 Å². The van der Waals surface area contributed by atoms with Gasteiger partial charge in [0.25, 0.3) is 0 Å². The summed E-state index contributed by atoms with van der Waals surface area (Å²) in [6, 6.07) is -0.410. The first-order valence-corrected chi connectivity index (χ1v) is 6.77. The highest BCUT2D eigenvalue weighted by Gasteiger charge is 2.31. The monoisotopic (exact) mass is 324 g/mol. The summed E-state index contributed by atoms with van der Waals surface area (Å²) in [5.74, 6) is 0.159. The fourth-order valence-electron chi connectivity index (χ4n) is 1.95. The Labute approximate surface area is 104 Å². The van der Waals surface area contributed by atoms with Crippen molar-refractivity contribution < 1.29 is 9.59 Å². The van der Waals surface area contributed by atoms with Gasteiger partial charge in [-0.2, -0.15) is 0 Å². The van der Waals surface area contributed by atoms with Crippen LogP contribution in [0.5, 0.6) is 0 Å². The lowest BCUT2D eigenvalue weighted by molar-refractivity contribution is -0.142. The largest absolute Gasteiger partial charge is 0.368 e. The number of halogens is 1. The zero-order valence-electron chi connectivity index (χ0n) is 8.91. The first kappa shape index (κ1) is 12.7. The maximum Gasteiger partial charge on any atom is 0.240 e. The molecule has 1 saturated heterocycles. The SMILES string of the molecule is CCC(C(N)=O)N1CCC(CI)CC1=O. The summed E-state index contributed by atoms with van der Waals surface area (Å²) in [5, 5.41) is 0. The Bertz CT molecular complexity index is 258. The lowest BCUT2D eigenvalue weighted by Gasteiger charge is -2.35. The smallest absolute Gasteiger partial charge is 0.240 e. The van der Waals surface area contributed by atoms with Crippen molar-refractivity contribution in [3.63, 3.8) is 0 Å². The number of primary amides is 1. The minimum atomic E-state index is -0.410. The van der Waals surface area contributed by atoms with Gasteiger partial charge >= 0.3 is 0 Å². The molecule has 0 saturated carbocycles. The standard InChI is InChI=1S/C10H17IN2O2/c1-2-8(10(12)15)13-4-3-7(6-11)5-9(13)14/h7-8H,2-6H2,1H3,(H2,12,15). The zero-order valence-corrected chi connectivity index (χ0v) is 11.1. The Morgan fingerprint density at radius 3 is 2.80 bits per heavy atom. The molecule has 0 bridgehead atoms. The fraction of sp³-hybridized carbons (Fsp3) is 0.800. The number of amides is 2. The van der Waals surface area contributed by atoms with Crippen LogP contribution in [0.4, 0.5) is 0 Å². The molecule has 2 atom stereocenters. The number of rotatable bonds is 4. The number of carbonyl (C=O) groups excluding carboxylic acids is 2. The van der Waals surface area contributed by atoms with E-state index in [-0.39, 0.29) is 5.91 Å². The number of nitrogens with two attached hydrogens (primary N) is 1. The van der Waals surface area contributed by atoms with Gasteiger partial charge in [-0.3, -0.25) is 9.59 Å². The van der Waals surface area contributed by atoms with Gasteiger partial charge in [-0.25, -0.2) is 0 Å². The molecular formula is C10H17IN2O2. The highest BCUT2D eigenvalue weighted by molar-refractivity contribution is 14.1. The maximum atomic E-state index is 11.8. The van der Waals surface area contributed by atoms with E-state index in [9.17, 15) is 9.59 Å². The third-order valence-corrected chi connectivity index (χ3v) is 4.12. The quantitative estimate of drug-likeness (QED) is 0.617. The molecule has 15 heavy (non-hydrogen) atoms. The number of hydrogen-bond donors (Lipinski definition) is 1. The first-order valence-electron chi connectivity index (χ1n) is 5.24. The van der Waals surface area contributed by atoms with E-state index in [0.29, 0.717) is 25.3 Å². The molecule has 0 aromatic heterocycles. The third kappa shape index (κ3) is 3.06. The Hall–Kier alpha value is -0.330. The van der Waals surface area contributed by atoms with Crippen molar-refractivity contribution in [2.45, 2.75) is 32.2 Å². The topological polar surface area (TPSA) is 63.4 Å². The normalized spacial score (nSPS) is 24.0. The summed E-state index contributed by atoms with van der Waals surface area (Å²) >= 11 is 2.30. The van der Waals surface area contributed by atoms with E-state index in [0.717, 1.165) is 10.8 Å². The molecule has 86 valence electrons. The van der Waals surface area contributed by atoms with Gasteiger partial charge in [0.2, 0.25) is 11.8 Å². The number of nitrogens with zero attached hydrogens (tertiary/aromatic N) is 1. The molecular weight excluding hydrogens is 307 g/mol. The zero-order chi connectivity index (χ0) is 11.4. The van der Waals surface area contributed by atoms with Gasteiger partial charge < -0.3 is 10.6 Å². The Kier molecular flexibility index (Phi) is 4.82. The van der Waals surface area contributed by atoms with Crippen LogP contribution in [-0.4, -0.2) is 33.7 Å². The molecule has 1 fully saturated rings. The molecule has 4 nitrogen and oxygen atoms in total.